The fourth-order valence-electron chi connectivity index (χ4n) is 1.64. The SMILES string of the molecule is CCCNC(CO)CCOc1ccccc1C. The average molecular weight is 237 g/mol. The highest BCUT2D eigenvalue weighted by Crippen LogP contribution is 2.16. The molecule has 1 unspecified atom stereocenters. The van der Waals surface area contributed by atoms with Gasteiger partial charge in [0.15, 0.2) is 0 Å². The van der Waals surface area contributed by atoms with Crippen LogP contribution in [0, 0.1) is 6.92 Å². The predicted octanol–water partition coefficient (Wildman–Crippen LogP) is 2.12. The summed E-state index contributed by atoms with van der Waals surface area (Å²) in [6.07, 6.45) is 1.90. The van der Waals surface area contributed by atoms with Crippen molar-refractivity contribution in [1.29, 1.82) is 0 Å². The number of hydrogen-bond donors (Lipinski definition) is 2. The van der Waals surface area contributed by atoms with Crippen LogP contribution in [0.1, 0.15) is 25.3 Å². The van der Waals surface area contributed by atoms with Crippen LogP contribution in [0.2, 0.25) is 0 Å². The second-order valence-corrected chi connectivity index (χ2v) is 4.24. The second-order valence-electron chi connectivity index (χ2n) is 4.24. The van der Waals surface area contributed by atoms with Crippen molar-refractivity contribution in [2.24, 2.45) is 0 Å². The Kier molecular flexibility index (Phi) is 6.67. The predicted molar refractivity (Wildman–Crippen MR) is 70.5 cm³/mol. The van der Waals surface area contributed by atoms with Crippen LogP contribution in [0.25, 0.3) is 0 Å². The Balaban J connectivity index is 2.28. The molecule has 2 N–H and O–H groups in total. The summed E-state index contributed by atoms with van der Waals surface area (Å²) in [7, 11) is 0. The third-order valence-electron chi connectivity index (χ3n) is 2.72. The molecule has 1 rings (SSSR count). The summed E-state index contributed by atoms with van der Waals surface area (Å²) in [5.41, 5.74) is 1.15. The van der Waals surface area contributed by atoms with Gasteiger partial charge >= 0.3 is 0 Å². The van der Waals surface area contributed by atoms with Crippen LogP contribution in [0.4, 0.5) is 0 Å². The summed E-state index contributed by atoms with van der Waals surface area (Å²) in [5, 5.41) is 12.5. The monoisotopic (exact) mass is 237 g/mol. The molecule has 0 heterocycles. The first-order valence-corrected chi connectivity index (χ1v) is 6.30. The lowest BCUT2D eigenvalue weighted by molar-refractivity contribution is 0.208. The molecule has 0 saturated carbocycles. The number of ether oxygens (including phenoxy) is 1. The molecule has 0 aliphatic carbocycles. The van der Waals surface area contributed by atoms with E-state index in [-0.39, 0.29) is 12.6 Å². The van der Waals surface area contributed by atoms with Gasteiger partial charge in [-0.25, -0.2) is 0 Å². The van der Waals surface area contributed by atoms with Crippen LogP contribution < -0.4 is 10.1 Å². The lowest BCUT2D eigenvalue weighted by Gasteiger charge is -2.16. The van der Waals surface area contributed by atoms with E-state index in [1.807, 2.05) is 31.2 Å². The zero-order valence-electron chi connectivity index (χ0n) is 10.8. The first-order chi connectivity index (χ1) is 8.27. The summed E-state index contributed by atoms with van der Waals surface area (Å²) in [6, 6.07) is 8.12. The molecule has 1 aromatic carbocycles. The normalized spacial score (nSPS) is 12.4. The smallest absolute Gasteiger partial charge is 0.122 e. The van der Waals surface area contributed by atoms with E-state index in [1.165, 1.54) is 0 Å². The molecule has 0 amide bonds. The maximum atomic E-state index is 9.19. The van der Waals surface area contributed by atoms with E-state index in [2.05, 4.69) is 12.2 Å². The Hall–Kier alpha value is -1.06. The van der Waals surface area contributed by atoms with Crippen molar-refractivity contribution in [3.63, 3.8) is 0 Å². The van der Waals surface area contributed by atoms with Gasteiger partial charge in [0.05, 0.1) is 13.2 Å². The lowest BCUT2D eigenvalue weighted by atomic mass is 10.2. The number of rotatable bonds is 8. The van der Waals surface area contributed by atoms with Crippen LogP contribution >= 0.6 is 0 Å². The van der Waals surface area contributed by atoms with Crippen LogP contribution in [0.3, 0.4) is 0 Å². The Bertz CT molecular complexity index is 315. The summed E-state index contributed by atoms with van der Waals surface area (Å²) < 4.78 is 5.70. The van der Waals surface area contributed by atoms with Gasteiger partial charge < -0.3 is 15.2 Å². The lowest BCUT2D eigenvalue weighted by Crippen LogP contribution is -2.34. The van der Waals surface area contributed by atoms with Crippen molar-refractivity contribution >= 4 is 0 Å². The molecule has 0 aliphatic heterocycles. The second kappa shape index (κ2) is 8.09. The molecule has 3 nitrogen and oxygen atoms in total. The van der Waals surface area contributed by atoms with Gasteiger partial charge in [0, 0.05) is 6.04 Å². The van der Waals surface area contributed by atoms with Crippen LogP contribution in [-0.4, -0.2) is 30.9 Å². The fraction of sp³-hybridized carbons (Fsp3) is 0.571. The van der Waals surface area contributed by atoms with Crippen molar-refractivity contribution in [2.45, 2.75) is 32.7 Å². The number of para-hydroxylation sites is 1. The van der Waals surface area contributed by atoms with Gasteiger partial charge in [-0.3, -0.25) is 0 Å². The van der Waals surface area contributed by atoms with E-state index in [0.29, 0.717) is 6.61 Å². The highest BCUT2D eigenvalue weighted by molar-refractivity contribution is 5.31. The van der Waals surface area contributed by atoms with Crippen molar-refractivity contribution in [3.05, 3.63) is 29.8 Å². The molecule has 0 aromatic heterocycles. The van der Waals surface area contributed by atoms with E-state index >= 15 is 0 Å². The molecular weight excluding hydrogens is 214 g/mol. The van der Waals surface area contributed by atoms with Crippen molar-refractivity contribution in [1.82, 2.24) is 5.32 Å². The van der Waals surface area contributed by atoms with Gasteiger partial charge in [0.2, 0.25) is 0 Å². The zero-order valence-corrected chi connectivity index (χ0v) is 10.8. The van der Waals surface area contributed by atoms with Gasteiger partial charge in [0.25, 0.3) is 0 Å². The van der Waals surface area contributed by atoms with Gasteiger partial charge in [-0.05, 0) is 37.9 Å². The number of benzene rings is 1. The Morgan fingerprint density at radius 2 is 2.12 bits per heavy atom. The fourth-order valence-corrected chi connectivity index (χ4v) is 1.64. The molecule has 1 atom stereocenters. The molecule has 1 aromatic rings. The minimum absolute atomic E-state index is 0.138. The Morgan fingerprint density at radius 3 is 2.76 bits per heavy atom. The average Bonchev–Trinajstić information content (AvgIpc) is 2.35. The maximum Gasteiger partial charge on any atom is 0.122 e. The minimum atomic E-state index is 0.138. The Morgan fingerprint density at radius 1 is 1.35 bits per heavy atom. The third-order valence-corrected chi connectivity index (χ3v) is 2.72. The maximum absolute atomic E-state index is 9.19. The number of aliphatic hydroxyl groups is 1. The van der Waals surface area contributed by atoms with Crippen LogP contribution in [-0.2, 0) is 0 Å². The molecule has 17 heavy (non-hydrogen) atoms. The van der Waals surface area contributed by atoms with E-state index in [4.69, 9.17) is 4.74 Å². The number of hydrogen-bond acceptors (Lipinski definition) is 3. The minimum Gasteiger partial charge on any atom is -0.493 e. The molecule has 0 radical (unpaired) electrons. The molecule has 0 aliphatic rings. The number of aryl methyl sites for hydroxylation is 1. The van der Waals surface area contributed by atoms with E-state index in [1.54, 1.807) is 0 Å². The summed E-state index contributed by atoms with van der Waals surface area (Å²) in [4.78, 5) is 0. The number of aliphatic hydroxyl groups excluding tert-OH is 1. The summed E-state index contributed by atoms with van der Waals surface area (Å²) in [6.45, 7) is 5.89. The largest absolute Gasteiger partial charge is 0.493 e. The zero-order chi connectivity index (χ0) is 12.5. The molecular formula is C14H23NO2. The topological polar surface area (TPSA) is 41.5 Å². The number of nitrogens with one attached hydrogen (secondary N) is 1. The standard InChI is InChI=1S/C14H23NO2/c1-3-9-15-13(11-16)8-10-17-14-7-5-4-6-12(14)2/h4-7,13,15-16H,3,8-11H2,1-2H3. The van der Waals surface area contributed by atoms with Crippen LogP contribution in [0.15, 0.2) is 24.3 Å². The van der Waals surface area contributed by atoms with E-state index in [9.17, 15) is 5.11 Å². The molecule has 96 valence electrons. The molecule has 0 bridgehead atoms. The Labute approximate surface area is 104 Å². The highest BCUT2D eigenvalue weighted by Gasteiger charge is 2.06. The van der Waals surface area contributed by atoms with Crippen molar-refractivity contribution < 1.29 is 9.84 Å². The summed E-state index contributed by atoms with van der Waals surface area (Å²) >= 11 is 0. The van der Waals surface area contributed by atoms with Crippen LogP contribution in [0.5, 0.6) is 5.75 Å². The molecule has 0 spiro atoms. The van der Waals surface area contributed by atoms with Crippen molar-refractivity contribution in [2.75, 3.05) is 19.8 Å². The quantitative estimate of drug-likeness (QED) is 0.727. The highest BCUT2D eigenvalue weighted by atomic mass is 16.5. The first-order valence-electron chi connectivity index (χ1n) is 6.30. The van der Waals surface area contributed by atoms with E-state index in [0.717, 1.165) is 30.7 Å². The van der Waals surface area contributed by atoms with Gasteiger partial charge in [-0.2, -0.15) is 0 Å². The molecule has 0 saturated heterocycles. The van der Waals surface area contributed by atoms with E-state index < -0.39 is 0 Å². The molecule has 0 fully saturated rings. The third kappa shape index (κ3) is 5.20. The van der Waals surface area contributed by atoms with Gasteiger partial charge in [-0.1, -0.05) is 25.1 Å². The van der Waals surface area contributed by atoms with Crippen molar-refractivity contribution in [3.8, 4) is 5.75 Å². The van der Waals surface area contributed by atoms with Gasteiger partial charge in [0.1, 0.15) is 5.75 Å². The summed E-state index contributed by atoms with van der Waals surface area (Å²) in [5.74, 6) is 0.930. The molecule has 3 heteroatoms. The van der Waals surface area contributed by atoms with Gasteiger partial charge in [-0.15, -0.1) is 0 Å². The first kappa shape index (κ1) is 14.0.